The van der Waals surface area contributed by atoms with Crippen LogP contribution in [0.5, 0.6) is 0 Å². The van der Waals surface area contributed by atoms with Gasteiger partial charge >= 0.3 is 0 Å². The summed E-state index contributed by atoms with van der Waals surface area (Å²) in [5.41, 5.74) is 8.69. The summed E-state index contributed by atoms with van der Waals surface area (Å²) in [6.45, 7) is 6.11. The number of hydrogen-bond donors (Lipinski definition) is 3. The number of amides is 2. The maximum atomic E-state index is 12.9. The predicted molar refractivity (Wildman–Crippen MR) is 142 cm³/mol. The molecule has 3 N–H and O–H groups in total. The Morgan fingerprint density at radius 1 is 1.06 bits per heavy atom. The average Bonchev–Trinajstić information content (AvgIpc) is 3.19. The zero-order valence-corrected chi connectivity index (χ0v) is 21.2. The van der Waals surface area contributed by atoms with E-state index >= 15 is 0 Å². The van der Waals surface area contributed by atoms with Gasteiger partial charge in [0.25, 0.3) is 11.8 Å². The Labute approximate surface area is 208 Å². The van der Waals surface area contributed by atoms with E-state index in [2.05, 4.69) is 15.8 Å². The fraction of sp³-hybridized carbons (Fsp3) is 0.269. The maximum Gasteiger partial charge on any atom is 0.283 e. The minimum atomic E-state index is -0.373. The number of nitrogens with zero attached hydrogens (tertiary/aromatic N) is 1. The Morgan fingerprint density at radius 3 is 2.65 bits per heavy atom. The van der Waals surface area contributed by atoms with E-state index in [1.807, 2.05) is 62.5 Å². The lowest BCUT2D eigenvalue weighted by Gasteiger charge is -2.09. The molecule has 178 valence electrons. The summed E-state index contributed by atoms with van der Waals surface area (Å²) in [5.74, 6) is 0.995. The molecular formula is C26H29N3O3S2. The molecule has 2 aromatic carbocycles. The number of hydrazone groups is 1. The maximum absolute atomic E-state index is 12.9. The molecule has 0 aliphatic rings. The van der Waals surface area contributed by atoms with E-state index in [9.17, 15) is 9.59 Å². The molecule has 8 heteroatoms. The molecule has 1 aromatic heterocycles. The first kappa shape index (κ1) is 25.7. The molecule has 0 spiro atoms. The number of carbonyl (C=O) groups is 2. The molecule has 1 heterocycles. The highest BCUT2D eigenvalue weighted by Crippen LogP contribution is 2.28. The molecular weight excluding hydrogens is 466 g/mol. The van der Waals surface area contributed by atoms with Gasteiger partial charge in [-0.2, -0.15) is 16.9 Å². The van der Waals surface area contributed by atoms with Gasteiger partial charge in [-0.15, -0.1) is 11.3 Å². The van der Waals surface area contributed by atoms with Crippen LogP contribution in [0.1, 0.15) is 54.3 Å². The first-order valence-electron chi connectivity index (χ1n) is 11.0. The summed E-state index contributed by atoms with van der Waals surface area (Å²) in [6.07, 6.45) is 2.36. The highest BCUT2D eigenvalue weighted by molar-refractivity contribution is 7.98. The molecule has 6 nitrogen and oxygen atoms in total. The number of thioether (sulfide) groups is 1. The van der Waals surface area contributed by atoms with Crippen LogP contribution in [0.4, 0.5) is 5.69 Å². The molecule has 0 aliphatic carbocycles. The van der Waals surface area contributed by atoms with E-state index in [1.165, 1.54) is 16.9 Å². The minimum Gasteiger partial charge on any atom is -0.396 e. The molecule has 2 amide bonds. The van der Waals surface area contributed by atoms with Crippen LogP contribution in [-0.2, 0) is 5.75 Å². The van der Waals surface area contributed by atoms with Crippen molar-refractivity contribution >= 4 is 46.8 Å². The Bertz CT molecular complexity index is 1190. The number of aryl methyl sites for hydroxylation is 3. The van der Waals surface area contributed by atoms with E-state index < -0.39 is 0 Å². The van der Waals surface area contributed by atoms with E-state index in [0.29, 0.717) is 16.1 Å². The molecule has 0 saturated carbocycles. The minimum absolute atomic E-state index is 0.183. The van der Waals surface area contributed by atoms with Gasteiger partial charge in [-0.1, -0.05) is 30.3 Å². The third-order valence-electron chi connectivity index (χ3n) is 5.24. The Morgan fingerprint density at radius 2 is 1.88 bits per heavy atom. The van der Waals surface area contributed by atoms with Crippen molar-refractivity contribution in [1.29, 1.82) is 0 Å². The van der Waals surface area contributed by atoms with Crippen LogP contribution in [0.2, 0.25) is 0 Å². The molecule has 0 aliphatic heterocycles. The zero-order chi connectivity index (χ0) is 24.5. The number of rotatable bonds is 10. The molecule has 0 atom stereocenters. The standard InChI is InChI=1S/C26H29N3O3S2/c1-17-8-9-20(12-18(17)2)14-27-29-26(32)24-23(19(3)15-34-24)28-25(31)22-7-4-6-21(13-22)16-33-11-5-10-30/h4,6-9,12-15,30H,5,10-11,16H2,1-3H3,(H,28,31)(H,29,32)/b27-14+. The van der Waals surface area contributed by atoms with Crippen molar-refractivity contribution in [3.8, 4) is 0 Å². The van der Waals surface area contributed by atoms with Gasteiger partial charge in [0.05, 0.1) is 11.9 Å². The summed E-state index contributed by atoms with van der Waals surface area (Å²) >= 11 is 2.98. The van der Waals surface area contributed by atoms with Crippen LogP contribution in [0.15, 0.2) is 52.9 Å². The average molecular weight is 496 g/mol. The molecule has 3 rings (SSSR count). The summed E-state index contributed by atoms with van der Waals surface area (Å²) in [7, 11) is 0. The van der Waals surface area contributed by atoms with Crippen molar-refractivity contribution in [2.24, 2.45) is 5.10 Å². The quantitative estimate of drug-likeness (QED) is 0.202. The van der Waals surface area contributed by atoms with Crippen molar-refractivity contribution in [2.75, 3.05) is 17.7 Å². The Kier molecular flexibility index (Phi) is 9.44. The molecule has 3 aromatic rings. The summed E-state index contributed by atoms with van der Waals surface area (Å²) in [4.78, 5) is 26.1. The van der Waals surface area contributed by atoms with Gasteiger partial charge in [0.2, 0.25) is 0 Å². The van der Waals surface area contributed by atoms with Crippen molar-refractivity contribution in [1.82, 2.24) is 5.43 Å². The second-order valence-corrected chi connectivity index (χ2v) is 9.93. The highest BCUT2D eigenvalue weighted by atomic mass is 32.2. The van der Waals surface area contributed by atoms with E-state index in [1.54, 1.807) is 24.0 Å². The summed E-state index contributed by atoms with van der Waals surface area (Å²) in [6, 6.07) is 13.4. The van der Waals surface area contributed by atoms with Crippen LogP contribution in [0.25, 0.3) is 0 Å². The monoisotopic (exact) mass is 495 g/mol. The zero-order valence-electron chi connectivity index (χ0n) is 19.6. The molecule has 0 unspecified atom stereocenters. The van der Waals surface area contributed by atoms with Gasteiger partial charge in [0.15, 0.2) is 0 Å². The lowest BCUT2D eigenvalue weighted by Crippen LogP contribution is -2.20. The second-order valence-electron chi connectivity index (χ2n) is 7.95. The number of hydrogen-bond acceptors (Lipinski definition) is 6. The van der Waals surface area contributed by atoms with Gasteiger partial charge in [0, 0.05) is 17.9 Å². The Balaban J connectivity index is 1.66. The smallest absolute Gasteiger partial charge is 0.283 e. The summed E-state index contributed by atoms with van der Waals surface area (Å²) in [5, 5.41) is 17.7. The number of nitrogens with one attached hydrogen (secondary N) is 2. The number of aliphatic hydroxyl groups is 1. The second kappa shape index (κ2) is 12.5. The number of anilines is 1. The van der Waals surface area contributed by atoms with E-state index in [0.717, 1.165) is 40.2 Å². The third-order valence-corrected chi connectivity index (χ3v) is 7.45. The van der Waals surface area contributed by atoms with Crippen molar-refractivity contribution in [2.45, 2.75) is 32.9 Å². The van der Waals surface area contributed by atoms with Gasteiger partial charge < -0.3 is 10.4 Å². The lowest BCUT2D eigenvalue weighted by atomic mass is 10.1. The fourth-order valence-corrected chi connectivity index (χ4v) is 4.96. The summed E-state index contributed by atoms with van der Waals surface area (Å²) < 4.78 is 0. The number of thiophene rings is 1. The number of aliphatic hydroxyl groups excluding tert-OH is 1. The molecule has 34 heavy (non-hydrogen) atoms. The Hall–Kier alpha value is -2.94. The van der Waals surface area contributed by atoms with Gasteiger partial charge in [-0.3, -0.25) is 9.59 Å². The van der Waals surface area contributed by atoms with Gasteiger partial charge in [-0.05, 0) is 78.3 Å². The number of carbonyl (C=O) groups excluding carboxylic acids is 2. The normalized spacial score (nSPS) is 11.1. The molecule has 0 saturated heterocycles. The van der Waals surface area contributed by atoms with Crippen LogP contribution in [-0.4, -0.2) is 35.5 Å². The molecule has 0 bridgehead atoms. The first-order valence-corrected chi connectivity index (χ1v) is 13.0. The van der Waals surface area contributed by atoms with Gasteiger partial charge in [0.1, 0.15) is 4.88 Å². The van der Waals surface area contributed by atoms with Crippen LogP contribution in [0, 0.1) is 20.8 Å². The largest absolute Gasteiger partial charge is 0.396 e. The predicted octanol–water partition coefficient (Wildman–Crippen LogP) is 5.31. The van der Waals surface area contributed by atoms with Crippen LogP contribution < -0.4 is 10.7 Å². The van der Waals surface area contributed by atoms with Crippen LogP contribution in [0.3, 0.4) is 0 Å². The van der Waals surface area contributed by atoms with Gasteiger partial charge in [-0.25, -0.2) is 5.43 Å². The van der Waals surface area contributed by atoms with Crippen LogP contribution >= 0.6 is 23.1 Å². The van der Waals surface area contributed by atoms with E-state index in [-0.39, 0.29) is 18.4 Å². The lowest BCUT2D eigenvalue weighted by molar-refractivity contribution is 0.0960. The van der Waals surface area contributed by atoms with E-state index in [4.69, 9.17) is 5.11 Å². The number of benzene rings is 2. The van der Waals surface area contributed by atoms with Crippen molar-refractivity contribution < 1.29 is 14.7 Å². The van der Waals surface area contributed by atoms with Crippen molar-refractivity contribution in [3.05, 3.63) is 86.1 Å². The van der Waals surface area contributed by atoms with Crippen molar-refractivity contribution in [3.63, 3.8) is 0 Å². The molecule has 0 fully saturated rings. The molecule has 0 radical (unpaired) electrons. The topological polar surface area (TPSA) is 90.8 Å². The fourth-order valence-electron chi connectivity index (χ4n) is 3.17. The first-order chi connectivity index (χ1) is 16.4. The third kappa shape index (κ3) is 7.03. The SMILES string of the molecule is Cc1ccc(/C=N/NC(=O)c2scc(C)c2NC(=O)c2cccc(CSCCCO)c2)cc1C. The highest BCUT2D eigenvalue weighted by Gasteiger charge is 2.19.